The van der Waals surface area contributed by atoms with Crippen molar-refractivity contribution in [2.24, 2.45) is 11.7 Å². The Bertz CT molecular complexity index is 511. The molecule has 1 saturated carbocycles. The molecule has 0 aromatic heterocycles. The molecule has 0 radical (unpaired) electrons. The first-order valence-electron chi connectivity index (χ1n) is 6.79. The highest BCUT2D eigenvalue weighted by Crippen LogP contribution is 2.49. The van der Waals surface area contributed by atoms with Crippen molar-refractivity contribution < 1.29 is 9.53 Å². The van der Waals surface area contributed by atoms with Crippen molar-refractivity contribution in [3.05, 3.63) is 28.8 Å². The average molecular weight is 297 g/mol. The third-order valence-corrected chi connectivity index (χ3v) is 3.51. The van der Waals surface area contributed by atoms with E-state index in [2.05, 4.69) is 5.32 Å². The van der Waals surface area contributed by atoms with E-state index in [9.17, 15) is 4.79 Å². The molecule has 1 aromatic rings. The van der Waals surface area contributed by atoms with Crippen LogP contribution in [0.25, 0.3) is 0 Å². The van der Waals surface area contributed by atoms with Crippen molar-refractivity contribution in [1.29, 1.82) is 0 Å². The molecule has 1 fully saturated rings. The zero-order valence-corrected chi connectivity index (χ0v) is 12.8. The minimum absolute atomic E-state index is 0.378. The van der Waals surface area contributed by atoms with E-state index in [0.717, 1.165) is 17.7 Å². The second kappa shape index (κ2) is 5.62. The van der Waals surface area contributed by atoms with Gasteiger partial charge in [0.2, 0.25) is 0 Å². The Balaban J connectivity index is 2.13. The van der Waals surface area contributed by atoms with E-state index < -0.39 is 11.7 Å². The predicted molar refractivity (Wildman–Crippen MR) is 81.2 cm³/mol. The van der Waals surface area contributed by atoms with Gasteiger partial charge in [0.05, 0.1) is 0 Å². The third-order valence-electron chi connectivity index (χ3n) is 3.27. The number of nitrogens with one attached hydrogen (secondary N) is 1. The molecule has 0 spiro atoms. The van der Waals surface area contributed by atoms with Crippen LogP contribution in [0.5, 0.6) is 0 Å². The van der Waals surface area contributed by atoms with Crippen LogP contribution in [0, 0.1) is 5.92 Å². The summed E-state index contributed by atoms with van der Waals surface area (Å²) in [4.78, 5) is 11.9. The molecule has 0 aliphatic heterocycles. The summed E-state index contributed by atoms with van der Waals surface area (Å²) in [5.74, 6) is 0.858. The largest absolute Gasteiger partial charge is 0.444 e. The van der Waals surface area contributed by atoms with E-state index in [1.165, 1.54) is 0 Å². The Hall–Kier alpha value is -1.26. The number of anilines is 1. The first-order chi connectivity index (χ1) is 9.30. The number of carbonyl (C=O) groups excluding carboxylic acids is 1. The molecule has 0 saturated heterocycles. The maximum atomic E-state index is 11.9. The summed E-state index contributed by atoms with van der Waals surface area (Å²) >= 11 is 6.05. The number of hydrogen-bond acceptors (Lipinski definition) is 3. The Morgan fingerprint density at radius 1 is 1.50 bits per heavy atom. The Morgan fingerprint density at radius 3 is 2.75 bits per heavy atom. The number of rotatable bonds is 3. The van der Waals surface area contributed by atoms with Crippen LogP contribution in [-0.4, -0.2) is 18.2 Å². The van der Waals surface area contributed by atoms with Crippen molar-refractivity contribution in [2.75, 3.05) is 11.9 Å². The SMILES string of the molecule is CC(C)(C)OC(=O)Nc1ccc(Cl)cc1[C@@H]1C[C@H]1CN. The van der Waals surface area contributed by atoms with Crippen molar-refractivity contribution in [3.63, 3.8) is 0 Å². The highest BCUT2D eigenvalue weighted by Gasteiger charge is 2.38. The van der Waals surface area contributed by atoms with Crippen molar-refractivity contribution in [3.8, 4) is 0 Å². The van der Waals surface area contributed by atoms with Gasteiger partial charge in [-0.15, -0.1) is 0 Å². The van der Waals surface area contributed by atoms with Crippen LogP contribution in [0.4, 0.5) is 10.5 Å². The molecule has 1 aliphatic rings. The minimum Gasteiger partial charge on any atom is -0.444 e. The number of carbonyl (C=O) groups is 1. The highest BCUT2D eigenvalue weighted by atomic mass is 35.5. The summed E-state index contributed by atoms with van der Waals surface area (Å²) in [5.41, 5.74) is 6.97. The van der Waals surface area contributed by atoms with Gasteiger partial charge < -0.3 is 10.5 Å². The van der Waals surface area contributed by atoms with Crippen LogP contribution >= 0.6 is 11.6 Å². The number of nitrogens with two attached hydrogens (primary N) is 1. The van der Waals surface area contributed by atoms with Crippen molar-refractivity contribution in [2.45, 2.75) is 38.7 Å². The molecule has 2 rings (SSSR count). The van der Waals surface area contributed by atoms with E-state index in [-0.39, 0.29) is 0 Å². The van der Waals surface area contributed by atoms with Gasteiger partial charge in [-0.1, -0.05) is 11.6 Å². The van der Waals surface area contributed by atoms with Gasteiger partial charge in [0.25, 0.3) is 0 Å². The molecule has 5 heteroatoms. The molecule has 0 bridgehead atoms. The van der Waals surface area contributed by atoms with E-state index >= 15 is 0 Å². The number of benzene rings is 1. The van der Waals surface area contributed by atoms with Crippen LogP contribution in [0.2, 0.25) is 5.02 Å². The van der Waals surface area contributed by atoms with Crippen molar-refractivity contribution in [1.82, 2.24) is 0 Å². The predicted octanol–water partition coefficient (Wildman–Crippen LogP) is 3.75. The van der Waals surface area contributed by atoms with Gasteiger partial charge in [-0.3, -0.25) is 5.32 Å². The van der Waals surface area contributed by atoms with Crippen LogP contribution in [-0.2, 0) is 4.74 Å². The molecule has 2 atom stereocenters. The topological polar surface area (TPSA) is 64.3 Å². The van der Waals surface area contributed by atoms with E-state index in [1.54, 1.807) is 6.07 Å². The van der Waals surface area contributed by atoms with Crippen LogP contribution < -0.4 is 11.1 Å². The maximum absolute atomic E-state index is 11.9. The fourth-order valence-electron chi connectivity index (χ4n) is 2.26. The lowest BCUT2D eigenvalue weighted by Crippen LogP contribution is -2.27. The zero-order valence-electron chi connectivity index (χ0n) is 12.1. The monoisotopic (exact) mass is 296 g/mol. The lowest BCUT2D eigenvalue weighted by molar-refractivity contribution is 0.0636. The zero-order chi connectivity index (χ0) is 14.9. The fraction of sp³-hybridized carbons (Fsp3) is 0.533. The molecule has 4 nitrogen and oxygen atoms in total. The average Bonchev–Trinajstić information content (AvgIpc) is 3.08. The normalized spacial score (nSPS) is 21.4. The summed E-state index contributed by atoms with van der Waals surface area (Å²) in [6, 6.07) is 5.47. The molecule has 0 unspecified atom stereocenters. The van der Waals surface area contributed by atoms with Gasteiger partial charge >= 0.3 is 6.09 Å². The molecule has 3 N–H and O–H groups in total. The molecule has 1 aliphatic carbocycles. The molecule has 1 amide bonds. The van der Waals surface area contributed by atoms with Gasteiger partial charge in [0, 0.05) is 10.7 Å². The van der Waals surface area contributed by atoms with Gasteiger partial charge in [0.15, 0.2) is 0 Å². The number of ether oxygens (including phenoxy) is 1. The molecular weight excluding hydrogens is 276 g/mol. The number of amides is 1. The Kier molecular flexibility index (Phi) is 4.25. The van der Waals surface area contributed by atoms with Crippen LogP contribution in [0.1, 0.15) is 38.7 Å². The van der Waals surface area contributed by atoms with E-state index in [4.69, 9.17) is 22.1 Å². The molecular formula is C15H21ClN2O2. The molecule has 110 valence electrons. The standard InChI is InChI=1S/C15H21ClN2O2/c1-15(2,3)20-14(19)18-13-5-4-10(16)7-12(13)11-6-9(11)8-17/h4-5,7,9,11H,6,8,17H2,1-3H3,(H,18,19)/t9-,11+/m0/s1. The van der Waals surface area contributed by atoms with Crippen LogP contribution in [0.3, 0.4) is 0 Å². The third kappa shape index (κ3) is 3.87. The second-order valence-electron chi connectivity index (χ2n) is 6.20. The first kappa shape index (κ1) is 15.1. The molecule has 20 heavy (non-hydrogen) atoms. The van der Waals surface area contributed by atoms with Gasteiger partial charge in [0.1, 0.15) is 5.60 Å². The maximum Gasteiger partial charge on any atom is 0.412 e. The lowest BCUT2D eigenvalue weighted by atomic mass is 10.1. The number of halogens is 1. The lowest BCUT2D eigenvalue weighted by Gasteiger charge is -2.20. The summed E-state index contributed by atoms with van der Waals surface area (Å²) in [7, 11) is 0. The second-order valence-corrected chi connectivity index (χ2v) is 6.63. The summed E-state index contributed by atoms with van der Waals surface area (Å²) in [5, 5.41) is 3.46. The smallest absolute Gasteiger partial charge is 0.412 e. The van der Waals surface area contributed by atoms with Crippen LogP contribution in [0.15, 0.2) is 18.2 Å². The summed E-state index contributed by atoms with van der Waals surface area (Å²) in [6.45, 7) is 6.16. The van der Waals surface area contributed by atoms with Gasteiger partial charge in [-0.2, -0.15) is 0 Å². The fourth-order valence-corrected chi connectivity index (χ4v) is 2.44. The molecule has 0 heterocycles. The summed E-state index contributed by atoms with van der Waals surface area (Å²) < 4.78 is 5.27. The Morgan fingerprint density at radius 2 is 2.20 bits per heavy atom. The molecule has 1 aromatic carbocycles. The number of hydrogen-bond donors (Lipinski definition) is 2. The highest BCUT2D eigenvalue weighted by molar-refractivity contribution is 6.30. The quantitative estimate of drug-likeness (QED) is 0.893. The first-order valence-corrected chi connectivity index (χ1v) is 7.17. The minimum atomic E-state index is -0.518. The van der Waals surface area contributed by atoms with Gasteiger partial charge in [-0.25, -0.2) is 4.79 Å². The summed E-state index contributed by atoms with van der Waals surface area (Å²) in [6.07, 6.45) is 0.589. The van der Waals surface area contributed by atoms with Crippen molar-refractivity contribution >= 4 is 23.4 Å². The Labute approximate surface area is 124 Å². The van der Waals surface area contributed by atoms with E-state index in [1.807, 2.05) is 32.9 Å². The van der Waals surface area contributed by atoms with E-state index in [0.29, 0.717) is 23.4 Å². The van der Waals surface area contributed by atoms with Gasteiger partial charge in [-0.05, 0) is 69.3 Å².